The molecule has 2 aromatic carbocycles. The summed E-state index contributed by atoms with van der Waals surface area (Å²) in [5, 5.41) is 2.37. The van der Waals surface area contributed by atoms with Gasteiger partial charge in [0, 0.05) is 6.07 Å². The van der Waals surface area contributed by atoms with E-state index in [0.717, 1.165) is 29.3 Å². The first-order valence-electron chi connectivity index (χ1n) is 5.85. The minimum Gasteiger partial charge on any atom is -0.323 e. The maximum atomic E-state index is 13.4. The Balaban J connectivity index is 2.07. The van der Waals surface area contributed by atoms with Crippen molar-refractivity contribution in [3.05, 3.63) is 65.2 Å². The van der Waals surface area contributed by atoms with E-state index < -0.39 is 11.6 Å². The van der Waals surface area contributed by atoms with Gasteiger partial charge in [-0.2, -0.15) is 0 Å². The maximum Gasteiger partial charge on any atom is 0.228 e. The smallest absolute Gasteiger partial charge is 0.228 e. The summed E-state index contributed by atoms with van der Waals surface area (Å²) >= 11 is 0. The van der Waals surface area contributed by atoms with E-state index in [4.69, 9.17) is 0 Å². The number of nitrogens with one attached hydrogen (secondary N) is 1. The number of benzene rings is 2. The molecule has 2 nitrogen and oxygen atoms in total. The van der Waals surface area contributed by atoms with E-state index in [-0.39, 0.29) is 18.0 Å². The first-order chi connectivity index (χ1) is 9.04. The van der Waals surface area contributed by atoms with Crippen LogP contribution in [0.25, 0.3) is 0 Å². The molecule has 19 heavy (non-hydrogen) atoms. The number of hydrogen-bond donors (Lipinski definition) is 1. The number of carbonyl (C=O) groups excluding carboxylic acids is 1. The molecule has 0 atom stereocenters. The lowest BCUT2D eigenvalue weighted by molar-refractivity contribution is -0.115. The van der Waals surface area contributed by atoms with Crippen LogP contribution < -0.4 is 5.32 Å². The van der Waals surface area contributed by atoms with Crippen molar-refractivity contribution >= 4 is 11.6 Å². The summed E-state index contributed by atoms with van der Waals surface area (Å²) in [6, 6.07) is 10.4. The third-order valence-corrected chi connectivity index (χ3v) is 2.65. The average Bonchev–Trinajstić information content (AvgIpc) is 2.34. The van der Waals surface area contributed by atoms with Gasteiger partial charge in [-0.15, -0.1) is 0 Å². The number of amides is 1. The summed E-state index contributed by atoms with van der Waals surface area (Å²) in [6.07, 6.45) is 0.123. The highest BCUT2D eigenvalue weighted by Crippen LogP contribution is 2.15. The lowest BCUT2D eigenvalue weighted by atomic mass is 10.1. The number of halogens is 2. The topological polar surface area (TPSA) is 29.1 Å². The van der Waals surface area contributed by atoms with Gasteiger partial charge >= 0.3 is 0 Å². The summed E-state index contributed by atoms with van der Waals surface area (Å²) < 4.78 is 26.3. The van der Waals surface area contributed by atoms with Crippen LogP contribution in [0.1, 0.15) is 11.1 Å². The summed E-state index contributed by atoms with van der Waals surface area (Å²) in [5.41, 5.74) is 1.73. The zero-order valence-corrected chi connectivity index (χ0v) is 10.4. The maximum absolute atomic E-state index is 13.4. The Bertz CT molecular complexity index is 611. The van der Waals surface area contributed by atoms with Gasteiger partial charge in [-0.05, 0) is 24.6 Å². The molecule has 0 unspecified atom stereocenters. The third-order valence-electron chi connectivity index (χ3n) is 2.65. The number of carbonyl (C=O) groups is 1. The molecule has 0 saturated heterocycles. The fourth-order valence-electron chi connectivity index (χ4n) is 1.80. The Hall–Kier alpha value is -2.23. The van der Waals surface area contributed by atoms with Crippen molar-refractivity contribution in [3.8, 4) is 0 Å². The van der Waals surface area contributed by atoms with Crippen LogP contribution in [0.5, 0.6) is 0 Å². The SMILES string of the molecule is Cc1cccc(CC(=O)Nc2cc(F)ccc2F)c1. The van der Waals surface area contributed by atoms with Crippen molar-refractivity contribution < 1.29 is 13.6 Å². The fraction of sp³-hybridized carbons (Fsp3) is 0.133. The standard InChI is InChI=1S/C15H13F2NO/c1-10-3-2-4-11(7-10)8-15(19)18-14-9-12(16)5-6-13(14)17/h2-7,9H,8H2,1H3,(H,18,19). The zero-order valence-electron chi connectivity index (χ0n) is 10.4. The van der Waals surface area contributed by atoms with Crippen LogP contribution in [0, 0.1) is 18.6 Å². The lowest BCUT2D eigenvalue weighted by Gasteiger charge is -2.07. The van der Waals surface area contributed by atoms with Crippen LogP contribution in [0.2, 0.25) is 0 Å². The Morgan fingerprint density at radius 1 is 1.16 bits per heavy atom. The Labute approximate surface area is 110 Å². The molecule has 0 radical (unpaired) electrons. The van der Waals surface area contributed by atoms with E-state index in [1.165, 1.54) is 0 Å². The van der Waals surface area contributed by atoms with E-state index in [0.29, 0.717) is 0 Å². The third kappa shape index (κ3) is 3.61. The van der Waals surface area contributed by atoms with Crippen LogP contribution in [-0.2, 0) is 11.2 Å². The predicted molar refractivity (Wildman–Crippen MR) is 69.9 cm³/mol. The van der Waals surface area contributed by atoms with Gasteiger partial charge in [0.15, 0.2) is 0 Å². The van der Waals surface area contributed by atoms with Crippen molar-refractivity contribution in [1.29, 1.82) is 0 Å². The second kappa shape index (κ2) is 5.61. The van der Waals surface area contributed by atoms with Crippen LogP contribution in [-0.4, -0.2) is 5.91 Å². The zero-order chi connectivity index (χ0) is 13.8. The molecule has 4 heteroatoms. The number of anilines is 1. The molecule has 0 aromatic heterocycles. The Morgan fingerprint density at radius 2 is 1.95 bits per heavy atom. The quantitative estimate of drug-likeness (QED) is 0.900. The van der Waals surface area contributed by atoms with Gasteiger partial charge in [0.05, 0.1) is 12.1 Å². The second-order valence-corrected chi connectivity index (χ2v) is 4.34. The molecule has 0 aliphatic carbocycles. The normalized spacial score (nSPS) is 10.3. The molecular formula is C15H13F2NO. The molecule has 2 aromatic rings. The van der Waals surface area contributed by atoms with Gasteiger partial charge in [0.25, 0.3) is 0 Å². The summed E-state index contributed by atoms with van der Waals surface area (Å²) in [6.45, 7) is 1.92. The highest BCUT2D eigenvalue weighted by Gasteiger charge is 2.09. The van der Waals surface area contributed by atoms with Gasteiger partial charge in [-0.3, -0.25) is 4.79 Å². The van der Waals surface area contributed by atoms with Crippen LogP contribution in [0.15, 0.2) is 42.5 Å². The minimum atomic E-state index is -0.654. The molecule has 98 valence electrons. The van der Waals surface area contributed by atoms with E-state index in [9.17, 15) is 13.6 Å². The van der Waals surface area contributed by atoms with Crippen LogP contribution >= 0.6 is 0 Å². The summed E-state index contributed by atoms with van der Waals surface area (Å²) in [5.74, 6) is -1.62. The number of aryl methyl sites for hydroxylation is 1. The first-order valence-corrected chi connectivity index (χ1v) is 5.85. The molecule has 2 rings (SSSR count). The van der Waals surface area contributed by atoms with Gasteiger partial charge in [0.1, 0.15) is 11.6 Å². The number of hydrogen-bond acceptors (Lipinski definition) is 1. The van der Waals surface area contributed by atoms with E-state index in [2.05, 4.69) is 5.32 Å². The van der Waals surface area contributed by atoms with Crippen molar-refractivity contribution in [2.75, 3.05) is 5.32 Å². The van der Waals surface area contributed by atoms with Crippen LogP contribution in [0.3, 0.4) is 0 Å². The Kier molecular flexibility index (Phi) is 3.90. The Morgan fingerprint density at radius 3 is 2.68 bits per heavy atom. The summed E-state index contributed by atoms with van der Waals surface area (Å²) in [7, 11) is 0. The molecular weight excluding hydrogens is 248 g/mol. The lowest BCUT2D eigenvalue weighted by Crippen LogP contribution is -2.15. The first kappa shape index (κ1) is 13.2. The van der Waals surface area contributed by atoms with Crippen molar-refractivity contribution in [2.45, 2.75) is 13.3 Å². The van der Waals surface area contributed by atoms with E-state index in [1.54, 1.807) is 0 Å². The van der Waals surface area contributed by atoms with Crippen molar-refractivity contribution in [1.82, 2.24) is 0 Å². The van der Waals surface area contributed by atoms with Gasteiger partial charge < -0.3 is 5.32 Å². The van der Waals surface area contributed by atoms with Crippen molar-refractivity contribution in [2.24, 2.45) is 0 Å². The van der Waals surface area contributed by atoms with Gasteiger partial charge in [-0.25, -0.2) is 8.78 Å². The molecule has 0 bridgehead atoms. The molecule has 0 spiro atoms. The molecule has 0 heterocycles. The largest absolute Gasteiger partial charge is 0.323 e. The van der Waals surface area contributed by atoms with Gasteiger partial charge in [0.2, 0.25) is 5.91 Å². The highest BCUT2D eigenvalue weighted by atomic mass is 19.1. The summed E-state index contributed by atoms with van der Waals surface area (Å²) in [4.78, 5) is 11.8. The molecule has 1 N–H and O–H groups in total. The second-order valence-electron chi connectivity index (χ2n) is 4.34. The molecule has 0 saturated carbocycles. The van der Waals surface area contributed by atoms with Gasteiger partial charge in [-0.1, -0.05) is 29.8 Å². The van der Waals surface area contributed by atoms with E-state index >= 15 is 0 Å². The van der Waals surface area contributed by atoms with Crippen LogP contribution in [0.4, 0.5) is 14.5 Å². The minimum absolute atomic E-state index is 0.123. The monoisotopic (exact) mass is 261 g/mol. The average molecular weight is 261 g/mol. The van der Waals surface area contributed by atoms with Crippen molar-refractivity contribution in [3.63, 3.8) is 0 Å². The van der Waals surface area contributed by atoms with E-state index in [1.807, 2.05) is 31.2 Å². The fourth-order valence-corrected chi connectivity index (χ4v) is 1.80. The predicted octanol–water partition coefficient (Wildman–Crippen LogP) is 3.45. The highest BCUT2D eigenvalue weighted by molar-refractivity contribution is 5.92. The molecule has 0 aliphatic rings. The number of rotatable bonds is 3. The molecule has 1 amide bonds. The molecule has 0 fully saturated rings. The molecule has 0 aliphatic heterocycles.